The maximum atomic E-state index is 12.9. The number of benzene rings is 2. The molecule has 6 nitrogen and oxygen atoms in total. The van der Waals surface area contributed by atoms with Gasteiger partial charge in [0.05, 0.1) is 5.56 Å². The summed E-state index contributed by atoms with van der Waals surface area (Å²) < 4.78 is 0. The zero-order valence-electron chi connectivity index (χ0n) is 16.2. The van der Waals surface area contributed by atoms with E-state index in [1.54, 1.807) is 18.2 Å². The van der Waals surface area contributed by atoms with E-state index >= 15 is 0 Å². The number of aromatic amines is 1. The van der Waals surface area contributed by atoms with E-state index in [0.717, 1.165) is 38.4 Å². The molecule has 0 unspecified atom stereocenters. The van der Waals surface area contributed by atoms with Crippen molar-refractivity contribution >= 4 is 39.8 Å². The van der Waals surface area contributed by atoms with Crippen LogP contribution in [-0.4, -0.2) is 48.5 Å². The summed E-state index contributed by atoms with van der Waals surface area (Å²) in [5.41, 5.74) is 2.33. The number of fused-ring (bicyclic) bond motifs is 1. The van der Waals surface area contributed by atoms with Gasteiger partial charge in [-0.1, -0.05) is 24.6 Å². The molecule has 2 N–H and O–H groups in total. The first-order valence-electron chi connectivity index (χ1n) is 9.75. The average Bonchev–Trinajstić information content (AvgIpc) is 2.73. The van der Waals surface area contributed by atoms with Gasteiger partial charge in [-0.15, -0.1) is 0 Å². The van der Waals surface area contributed by atoms with Crippen LogP contribution in [0.1, 0.15) is 17.3 Å². The molecular weight excluding hydrogens is 388 g/mol. The smallest absolute Gasteiger partial charge is 0.256 e. The number of hydrogen-bond acceptors (Lipinski definition) is 4. The number of hydrogen-bond donors (Lipinski definition) is 2. The quantitative estimate of drug-likeness (QED) is 0.689. The normalized spacial score (nSPS) is 14.9. The number of pyridine rings is 1. The van der Waals surface area contributed by atoms with Crippen molar-refractivity contribution in [1.29, 1.82) is 0 Å². The minimum Gasteiger partial charge on any atom is -0.369 e. The fourth-order valence-corrected chi connectivity index (χ4v) is 3.89. The molecule has 0 saturated carbocycles. The molecule has 29 heavy (non-hydrogen) atoms. The Labute approximate surface area is 174 Å². The van der Waals surface area contributed by atoms with Gasteiger partial charge in [0.25, 0.3) is 5.91 Å². The lowest BCUT2D eigenvalue weighted by atomic mass is 10.1. The first-order chi connectivity index (χ1) is 14.0. The largest absolute Gasteiger partial charge is 0.369 e. The first-order valence-corrected chi connectivity index (χ1v) is 10.1. The maximum absolute atomic E-state index is 12.9. The third-order valence-corrected chi connectivity index (χ3v) is 5.57. The fourth-order valence-electron chi connectivity index (χ4n) is 3.71. The van der Waals surface area contributed by atoms with Gasteiger partial charge in [-0.25, -0.2) is 0 Å². The molecule has 1 fully saturated rings. The van der Waals surface area contributed by atoms with Crippen LogP contribution in [0, 0.1) is 0 Å². The van der Waals surface area contributed by atoms with Crippen LogP contribution >= 0.6 is 11.6 Å². The molecule has 0 atom stereocenters. The van der Waals surface area contributed by atoms with Gasteiger partial charge in [0.15, 0.2) is 0 Å². The number of amides is 1. The summed E-state index contributed by atoms with van der Waals surface area (Å²) in [6.45, 7) is 7.24. The molecule has 2 aromatic carbocycles. The minimum atomic E-state index is -0.337. The summed E-state index contributed by atoms with van der Waals surface area (Å²) in [5, 5.41) is 4.04. The number of carbonyl (C=O) groups excluding carboxylic acids is 1. The highest BCUT2D eigenvalue weighted by atomic mass is 35.5. The van der Waals surface area contributed by atoms with Gasteiger partial charge < -0.3 is 20.1 Å². The molecule has 2 heterocycles. The van der Waals surface area contributed by atoms with Crippen molar-refractivity contribution < 1.29 is 4.79 Å². The Hall–Kier alpha value is -2.83. The van der Waals surface area contributed by atoms with Crippen molar-refractivity contribution in [2.75, 3.05) is 42.9 Å². The summed E-state index contributed by atoms with van der Waals surface area (Å²) in [6, 6.07) is 14.2. The summed E-state index contributed by atoms with van der Waals surface area (Å²) in [7, 11) is 0. The number of aromatic nitrogens is 1. The molecule has 150 valence electrons. The molecule has 4 rings (SSSR count). The maximum Gasteiger partial charge on any atom is 0.256 e. The molecule has 0 spiro atoms. The van der Waals surface area contributed by atoms with Crippen LogP contribution < -0.4 is 15.8 Å². The molecule has 7 heteroatoms. The van der Waals surface area contributed by atoms with E-state index in [1.807, 2.05) is 18.2 Å². The van der Waals surface area contributed by atoms with Gasteiger partial charge in [0, 0.05) is 59.5 Å². The number of halogens is 1. The van der Waals surface area contributed by atoms with Gasteiger partial charge in [0.2, 0.25) is 5.56 Å². The summed E-state index contributed by atoms with van der Waals surface area (Å²) in [4.78, 5) is 32.4. The lowest BCUT2D eigenvalue weighted by molar-refractivity contribution is 0.102. The van der Waals surface area contributed by atoms with Crippen molar-refractivity contribution in [2.24, 2.45) is 0 Å². The summed E-state index contributed by atoms with van der Waals surface area (Å²) in [5.74, 6) is -0.337. The molecule has 0 radical (unpaired) electrons. The van der Waals surface area contributed by atoms with E-state index in [4.69, 9.17) is 11.6 Å². The third-order valence-electron chi connectivity index (χ3n) is 5.34. The predicted molar refractivity (Wildman–Crippen MR) is 118 cm³/mol. The van der Waals surface area contributed by atoms with Gasteiger partial charge in [0.1, 0.15) is 0 Å². The molecule has 1 saturated heterocycles. The van der Waals surface area contributed by atoms with E-state index in [-0.39, 0.29) is 11.5 Å². The van der Waals surface area contributed by atoms with Crippen LogP contribution in [0.25, 0.3) is 10.9 Å². The van der Waals surface area contributed by atoms with Crippen molar-refractivity contribution in [2.45, 2.75) is 6.92 Å². The number of H-pyrrole nitrogens is 1. The number of carbonyl (C=O) groups is 1. The lowest BCUT2D eigenvalue weighted by Gasteiger charge is -2.35. The number of nitrogens with one attached hydrogen (secondary N) is 2. The van der Waals surface area contributed by atoms with Crippen LogP contribution in [0.2, 0.25) is 5.02 Å². The summed E-state index contributed by atoms with van der Waals surface area (Å²) in [6.07, 6.45) is 0. The van der Waals surface area contributed by atoms with Crippen molar-refractivity contribution in [3.63, 3.8) is 0 Å². The van der Waals surface area contributed by atoms with Crippen molar-refractivity contribution in [1.82, 2.24) is 9.88 Å². The molecule has 1 aliphatic rings. The molecular formula is C22H23ClN4O2. The number of likely N-dealkylation sites (N-methyl/N-ethyl adjacent to an activating group) is 1. The molecule has 0 bridgehead atoms. The molecule has 0 aliphatic carbocycles. The zero-order valence-corrected chi connectivity index (χ0v) is 17.0. The lowest BCUT2D eigenvalue weighted by Crippen LogP contribution is -2.46. The second-order valence-electron chi connectivity index (χ2n) is 7.16. The topological polar surface area (TPSA) is 68.4 Å². The van der Waals surface area contributed by atoms with Crippen molar-refractivity contribution in [3.05, 3.63) is 69.5 Å². The van der Waals surface area contributed by atoms with Gasteiger partial charge in [-0.2, -0.15) is 0 Å². The Morgan fingerprint density at radius 2 is 1.90 bits per heavy atom. The highest BCUT2D eigenvalue weighted by molar-refractivity contribution is 6.31. The molecule has 1 aromatic heterocycles. The zero-order chi connectivity index (χ0) is 20.4. The Morgan fingerprint density at radius 3 is 2.66 bits per heavy atom. The number of piperazine rings is 1. The van der Waals surface area contributed by atoms with Gasteiger partial charge in [-0.05, 0) is 42.9 Å². The van der Waals surface area contributed by atoms with E-state index in [2.05, 4.69) is 33.1 Å². The van der Waals surface area contributed by atoms with E-state index in [9.17, 15) is 9.59 Å². The highest BCUT2D eigenvalue weighted by Gasteiger charge is 2.17. The van der Waals surface area contributed by atoms with Crippen LogP contribution in [0.5, 0.6) is 0 Å². The SMILES string of the molecule is CCN1CCN(c2cccc(NC(=O)c3cc(=O)[nH]c4ccc(Cl)cc34)c2)CC1. The van der Waals surface area contributed by atoms with Crippen LogP contribution in [-0.2, 0) is 0 Å². The Morgan fingerprint density at radius 1 is 1.10 bits per heavy atom. The van der Waals surface area contributed by atoms with E-state index in [1.165, 1.54) is 6.07 Å². The second-order valence-corrected chi connectivity index (χ2v) is 7.60. The Bertz CT molecular complexity index is 1100. The van der Waals surface area contributed by atoms with Crippen LogP contribution in [0.15, 0.2) is 53.3 Å². The number of nitrogens with zero attached hydrogens (tertiary/aromatic N) is 2. The average molecular weight is 411 g/mol. The fraction of sp³-hybridized carbons (Fsp3) is 0.273. The van der Waals surface area contributed by atoms with Crippen LogP contribution in [0.4, 0.5) is 11.4 Å². The number of anilines is 2. The third kappa shape index (κ3) is 4.28. The monoisotopic (exact) mass is 410 g/mol. The van der Waals surface area contributed by atoms with E-state index in [0.29, 0.717) is 27.2 Å². The molecule has 1 amide bonds. The number of rotatable bonds is 4. The molecule has 3 aromatic rings. The summed E-state index contributed by atoms with van der Waals surface area (Å²) >= 11 is 6.09. The Kier molecular flexibility index (Phi) is 5.56. The highest BCUT2D eigenvalue weighted by Crippen LogP contribution is 2.24. The minimum absolute atomic E-state index is 0.299. The van der Waals surface area contributed by atoms with Crippen LogP contribution in [0.3, 0.4) is 0 Å². The molecule has 1 aliphatic heterocycles. The van der Waals surface area contributed by atoms with Gasteiger partial charge >= 0.3 is 0 Å². The predicted octanol–water partition coefficient (Wildman–Crippen LogP) is 3.58. The first kappa shape index (κ1) is 19.5. The standard InChI is InChI=1S/C22H23ClN4O2/c1-2-26-8-10-27(11-9-26)17-5-3-4-16(13-17)24-22(29)19-14-21(28)25-20-7-6-15(23)12-18(19)20/h3-7,12-14H,2,8-11H2,1H3,(H,24,29)(H,25,28). The van der Waals surface area contributed by atoms with Gasteiger partial charge in [-0.3, -0.25) is 9.59 Å². The van der Waals surface area contributed by atoms with Crippen molar-refractivity contribution in [3.8, 4) is 0 Å². The Balaban J connectivity index is 1.57. The second kappa shape index (κ2) is 8.27. The van der Waals surface area contributed by atoms with E-state index < -0.39 is 0 Å².